The first-order valence-corrected chi connectivity index (χ1v) is 8.31. The second-order valence-corrected chi connectivity index (χ2v) is 5.57. The molecule has 0 unspecified atom stereocenters. The summed E-state index contributed by atoms with van der Waals surface area (Å²) in [5, 5.41) is 8.37. The third-order valence-electron chi connectivity index (χ3n) is 3.65. The Morgan fingerprint density at radius 1 is 0.963 bits per heavy atom. The summed E-state index contributed by atoms with van der Waals surface area (Å²) >= 11 is 0. The normalized spacial score (nSPS) is 10.8. The smallest absolute Gasteiger partial charge is 0.224 e. The third kappa shape index (κ3) is 4.35. The minimum absolute atomic E-state index is 0.447. The molecule has 0 aliphatic heterocycles. The zero-order valence-electron chi connectivity index (χ0n) is 14.3. The summed E-state index contributed by atoms with van der Waals surface area (Å²) < 4.78 is 7.44. The molecule has 1 N–H and O–H groups in total. The van der Waals surface area contributed by atoms with Crippen molar-refractivity contribution >= 4 is 11.9 Å². The van der Waals surface area contributed by atoms with E-state index in [1.54, 1.807) is 23.2 Å². The van der Waals surface area contributed by atoms with E-state index in [0.29, 0.717) is 17.4 Å². The van der Waals surface area contributed by atoms with Gasteiger partial charge in [0.05, 0.1) is 11.9 Å². The largest absolute Gasteiger partial charge is 0.439 e. The van der Waals surface area contributed by atoms with Crippen LogP contribution in [0.3, 0.4) is 0 Å². The predicted octanol–water partition coefficient (Wildman–Crippen LogP) is 3.90. The van der Waals surface area contributed by atoms with E-state index in [0.717, 1.165) is 11.3 Å². The highest BCUT2D eigenvalue weighted by atomic mass is 16.5. The Bertz CT molecular complexity index is 1010. The van der Waals surface area contributed by atoms with Crippen molar-refractivity contribution < 1.29 is 4.74 Å². The maximum absolute atomic E-state index is 5.79. The molecule has 0 saturated carbocycles. The molecule has 0 saturated heterocycles. The second-order valence-electron chi connectivity index (χ2n) is 5.57. The van der Waals surface area contributed by atoms with Gasteiger partial charge in [-0.15, -0.1) is 0 Å². The molecule has 4 aromatic rings. The van der Waals surface area contributed by atoms with Crippen LogP contribution in [-0.4, -0.2) is 26.0 Å². The lowest BCUT2D eigenvalue weighted by molar-refractivity contribution is 0.460. The van der Waals surface area contributed by atoms with Crippen molar-refractivity contribution in [2.24, 2.45) is 5.10 Å². The fraction of sp³-hybridized carbons (Fsp3) is 0. The van der Waals surface area contributed by atoms with Gasteiger partial charge in [-0.2, -0.15) is 10.2 Å². The average molecular weight is 356 g/mol. The number of anilines is 1. The molecule has 0 spiro atoms. The van der Waals surface area contributed by atoms with Gasteiger partial charge in [0.25, 0.3) is 0 Å². The van der Waals surface area contributed by atoms with Gasteiger partial charge in [-0.25, -0.2) is 14.6 Å². The first-order valence-electron chi connectivity index (χ1n) is 8.31. The average Bonchev–Trinajstić information content (AvgIpc) is 3.25. The SMILES string of the molecule is C(=NNc1ccccc1)c1ccc(Oc2cc(-n3cccn3)ncn2)cc1. The Hall–Kier alpha value is -4.00. The molecule has 0 aliphatic carbocycles. The van der Waals surface area contributed by atoms with Crippen LogP contribution in [0.1, 0.15) is 5.56 Å². The molecule has 0 aliphatic rings. The van der Waals surface area contributed by atoms with Crippen LogP contribution < -0.4 is 10.2 Å². The maximum Gasteiger partial charge on any atom is 0.224 e. The van der Waals surface area contributed by atoms with Gasteiger partial charge in [0.1, 0.15) is 12.1 Å². The number of para-hydroxylation sites is 1. The van der Waals surface area contributed by atoms with Crippen molar-refractivity contribution in [2.45, 2.75) is 0 Å². The number of aromatic nitrogens is 4. The van der Waals surface area contributed by atoms with Crippen LogP contribution in [0, 0.1) is 0 Å². The number of rotatable bonds is 6. The molecule has 0 radical (unpaired) electrons. The molecule has 4 rings (SSSR count). The monoisotopic (exact) mass is 356 g/mol. The highest BCUT2D eigenvalue weighted by Crippen LogP contribution is 2.20. The summed E-state index contributed by atoms with van der Waals surface area (Å²) in [6, 6.07) is 20.9. The maximum atomic E-state index is 5.79. The van der Waals surface area contributed by atoms with E-state index in [1.165, 1.54) is 6.33 Å². The first-order chi connectivity index (χ1) is 13.4. The Morgan fingerprint density at radius 3 is 2.59 bits per heavy atom. The number of nitrogens with zero attached hydrogens (tertiary/aromatic N) is 5. The minimum atomic E-state index is 0.447. The van der Waals surface area contributed by atoms with Crippen molar-refractivity contribution in [2.75, 3.05) is 5.43 Å². The van der Waals surface area contributed by atoms with Crippen LogP contribution in [-0.2, 0) is 0 Å². The van der Waals surface area contributed by atoms with Gasteiger partial charge in [0.2, 0.25) is 5.88 Å². The molecule has 0 bridgehead atoms. The Labute approximate surface area is 156 Å². The van der Waals surface area contributed by atoms with E-state index >= 15 is 0 Å². The molecule has 132 valence electrons. The third-order valence-corrected chi connectivity index (χ3v) is 3.65. The second kappa shape index (κ2) is 7.92. The summed E-state index contributed by atoms with van der Waals surface area (Å²) in [5.74, 6) is 1.76. The van der Waals surface area contributed by atoms with Gasteiger partial charge in [-0.05, 0) is 48.0 Å². The molecule has 0 atom stereocenters. The van der Waals surface area contributed by atoms with Crippen LogP contribution in [0.15, 0.2) is 90.6 Å². The number of hydrogen-bond acceptors (Lipinski definition) is 6. The number of hydrazone groups is 1. The van der Waals surface area contributed by atoms with Crippen LogP contribution in [0.4, 0.5) is 5.69 Å². The molecule has 0 fully saturated rings. The van der Waals surface area contributed by atoms with Crippen LogP contribution in [0.25, 0.3) is 5.82 Å². The van der Waals surface area contributed by atoms with E-state index < -0.39 is 0 Å². The topological polar surface area (TPSA) is 77.2 Å². The van der Waals surface area contributed by atoms with Crippen molar-refractivity contribution in [3.8, 4) is 17.4 Å². The summed E-state index contributed by atoms with van der Waals surface area (Å²) in [4.78, 5) is 8.32. The summed E-state index contributed by atoms with van der Waals surface area (Å²) in [6.45, 7) is 0. The van der Waals surface area contributed by atoms with Crippen molar-refractivity contribution in [1.82, 2.24) is 19.7 Å². The van der Waals surface area contributed by atoms with Crippen LogP contribution >= 0.6 is 0 Å². The molecular formula is C20H16N6O. The highest BCUT2D eigenvalue weighted by molar-refractivity contribution is 5.80. The molecule has 2 aromatic carbocycles. The van der Waals surface area contributed by atoms with Crippen LogP contribution in [0.5, 0.6) is 11.6 Å². The van der Waals surface area contributed by atoms with Gasteiger partial charge >= 0.3 is 0 Å². The quantitative estimate of drug-likeness (QED) is 0.419. The van der Waals surface area contributed by atoms with E-state index in [4.69, 9.17) is 4.74 Å². The van der Waals surface area contributed by atoms with Gasteiger partial charge in [-0.1, -0.05) is 18.2 Å². The Balaban J connectivity index is 1.40. The first kappa shape index (κ1) is 16.5. The summed E-state index contributed by atoms with van der Waals surface area (Å²) in [6.07, 6.45) is 6.69. The van der Waals surface area contributed by atoms with Gasteiger partial charge < -0.3 is 4.74 Å². The van der Waals surface area contributed by atoms with Gasteiger partial charge in [0.15, 0.2) is 5.82 Å². The zero-order chi connectivity index (χ0) is 18.3. The number of hydrogen-bond donors (Lipinski definition) is 1. The summed E-state index contributed by atoms with van der Waals surface area (Å²) in [7, 11) is 0. The van der Waals surface area contributed by atoms with E-state index in [2.05, 4.69) is 25.6 Å². The van der Waals surface area contributed by atoms with Crippen molar-refractivity contribution in [1.29, 1.82) is 0 Å². The molecule has 27 heavy (non-hydrogen) atoms. The van der Waals surface area contributed by atoms with E-state index in [-0.39, 0.29) is 0 Å². The Morgan fingerprint density at radius 2 is 1.81 bits per heavy atom. The highest BCUT2D eigenvalue weighted by Gasteiger charge is 2.03. The fourth-order valence-electron chi connectivity index (χ4n) is 2.35. The standard InChI is InChI=1S/C20H16N6O/c1-2-5-17(6-3-1)25-23-14-16-7-9-18(10-8-16)27-20-13-19(21-15-22-20)26-12-4-11-24-26/h1-15,25H. The minimum Gasteiger partial charge on any atom is -0.439 e. The van der Waals surface area contributed by atoms with E-state index in [9.17, 15) is 0 Å². The van der Waals surface area contributed by atoms with Crippen molar-refractivity contribution in [3.05, 3.63) is 91.0 Å². The van der Waals surface area contributed by atoms with Gasteiger partial charge in [-0.3, -0.25) is 5.43 Å². The van der Waals surface area contributed by atoms with Crippen LogP contribution in [0.2, 0.25) is 0 Å². The molecule has 7 nitrogen and oxygen atoms in total. The molecule has 2 aromatic heterocycles. The van der Waals surface area contributed by atoms with E-state index in [1.807, 2.05) is 66.9 Å². The lowest BCUT2D eigenvalue weighted by Crippen LogP contribution is -1.99. The number of benzene rings is 2. The molecular weight excluding hydrogens is 340 g/mol. The molecule has 7 heteroatoms. The fourth-order valence-corrected chi connectivity index (χ4v) is 2.35. The lowest BCUT2D eigenvalue weighted by atomic mass is 10.2. The zero-order valence-corrected chi connectivity index (χ0v) is 14.3. The van der Waals surface area contributed by atoms with Crippen molar-refractivity contribution in [3.63, 3.8) is 0 Å². The molecule has 2 heterocycles. The predicted molar refractivity (Wildman–Crippen MR) is 103 cm³/mol. The number of nitrogens with one attached hydrogen (secondary N) is 1. The molecule has 0 amide bonds. The lowest BCUT2D eigenvalue weighted by Gasteiger charge is -2.06. The summed E-state index contributed by atoms with van der Waals surface area (Å²) in [5.41, 5.74) is 4.87. The van der Waals surface area contributed by atoms with Gasteiger partial charge in [0, 0.05) is 18.5 Å². The number of ether oxygens (including phenoxy) is 1. The Kier molecular flexibility index (Phi) is 4.83.